The summed E-state index contributed by atoms with van der Waals surface area (Å²) in [6.07, 6.45) is 2.43. The van der Waals surface area contributed by atoms with E-state index < -0.39 is 0 Å². The highest BCUT2D eigenvalue weighted by atomic mass is 16.2. The first-order valence-corrected chi connectivity index (χ1v) is 6.81. The van der Waals surface area contributed by atoms with Gasteiger partial charge in [0, 0.05) is 45.8 Å². The van der Waals surface area contributed by atoms with Gasteiger partial charge in [0.2, 0.25) is 5.91 Å². The second kappa shape index (κ2) is 6.47. The molecule has 1 aliphatic heterocycles. The quantitative estimate of drug-likeness (QED) is 0.839. The Balaban J connectivity index is 2.03. The molecule has 1 aliphatic rings. The summed E-state index contributed by atoms with van der Waals surface area (Å²) in [5.74, 6) is -0.0244. The van der Waals surface area contributed by atoms with Gasteiger partial charge in [-0.25, -0.2) is 0 Å². The molecule has 2 rings (SSSR count). The second-order valence-corrected chi connectivity index (χ2v) is 4.91. The molecule has 1 fully saturated rings. The van der Waals surface area contributed by atoms with E-state index in [4.69, 9.17) is 5.73 Å². The van der Waals surface area contributed by atoms with E-state index in [0.717, 1.165) is 12.0 Å². The van der Waals surface area contributed by atoms with Crippen LogP contribution in [0.2, 0.25) is 0 Å². The lowest BCUT2D eigenvalue weighted by Gasteiger charge is -2.21. The molecule has 0 aromatic carbocycles. The summed E-state index contributed by atoms with van der Waals surface area (Å²) < 4.78 is 0. The lowest BCUT2D eigenvalue weighted by atomic mass is 10.2. The first-order chi connectivity index (χ1) is 9.61. The highest BCUT2D eigenvalue weighted by Crippen LogP contribution is 2.08. The SMILES string of the molecule is CC(=O)N1CCCN(C(=O)c2ccc(CN)cn2)CC1. The molecule has 108 valence electrons. The van der Waals surface area contributed by atoms with Crippen LogP contribution in [0.4, 0.5) is 0 Å². The van der Waals surface area contributed by atoms with Gasteiger partial charge in [-0.15, -0.1) is 0 Å². The van der Waals surface area contributed by atoms with Gasteiger partial charge >= 0.3 is 0 Å². The summed E-state index contributed by atoms with van der Waals surface area (Å²) in [6.45, 7) is 4.48. The molecule has 2 amide bonds. The Morgan fingerprint density at radius 2 is 1.90 bits per heavy atom. The topological polar surface area (TPSA) is 79.5 Å². The first-order valence-electron chi connectivity index (χ1n) is 6.81. The van der Waals surface area contributed by atoms with Crippen LogP contribution in [0.3, 0.4) is 0 Å². The number of nitrogens with zero attached hydrogens (tertiary/aromatic N) is 3. The number of hydrogen-bond donors (Lipinski definition) is 1. The van der Waals surface area contributed by atoms with Crippen LogP contribution in [0.25, 0.3) is 0 Å². The zero-order chi connectivity index (χ0) is 14.5. The van der Waals surface area contributed by atoms with Gasteiger partial charge in [-0.2, -0.15) is 0 Å². The highest BCUT2D eigenvalue weighted by Gasteiger charge is 2.21. The van der Waals surface area contributed by atoms with E-state index in [1.807, 2.05) is 6.07 Å². The Morgan fingerprint density at radius 3 is 2.50 bits per heavy atom. The number of carbonyl (C=O) groups is 2. The molecule has 0 aliphatic carbocycles. The summed E-state index contributed by atoms with van der Waals surface area (Å²) in [4.78, 5) is 31.4. The fourth-order valence-electron chi connectivity index (χ4n) is 2.27. The Labute approximate surface area is 118 Å². The Kier molecular flexibility index (Phi) is 4.68. The third-order valence-electron chi connectivity index (χ3n) is 3.51. The molecule has 1 saturated heterocycles. The molecule has 1 aromatic heterocycles. The van der Waals surface area contributed by atoms with Crippen LogP contribution in [-0.4, -0.2) is 52.8 Å². The number of pyridine rings is 1. The van der Waals surface area contributed by atoms with Crippen LogP contribution < -0.4 is 5.73 Å². The number of carbonyl (C=O) groups excluding carboxylic acids is 2. The Bertz CT molecular complexity index is 486. The van der Waals surface area contributed by atoms with Gasteiger partial charge in [0.25, 0.3) is 5.91 Å². The van der Waals surface area contributed by atoms with E-state index >= 15 is 0 Å². The van der Waals surface area contributed by atoms with Crippen molar-refractivity contribution >= 4 is 11.8 Å². The van der Waals surface area contributed by atoms with Gasteiger partial charge in [0.05, 0.1) is 0 Å². The van der Waals surface area contributed by atoms with Gasteiger partial charge in [0.15, 0.2) is 0 Å². The summed E-state index contributed by atoms with van der Waals surface area (Å²) in [6, 6.07) is 3.53. The molecule has 0 atom stereocenters. The van der Waals surface area contributed by atoms with Crippen LogP contribution in [0.15, 0.2) is 18.3 Å². The molecular formula is C14H20N4O2. The van der Waals surface area contributed by atoms with E-state index in [9.17, 15) is 9.59 Å². The summed E-state index contributed by atoms with van der Waals surface area (Å²) in [7, 11) is 0. The van der Waals surface area contributed by atoms with Gasteiger partial charge in [-0.05, 0) is 18.1 Å². The average Bonchev–Trinajstić information content (AvgIpc) is 2.72. The molecule has 6 nitrogen and oxygen atoms in total. The lowest BCUT2D eigenvalue weighted by Crippen LogP contribution is -2.36. The number of aromatic nitrogens is 1. The standard InChI is InChI=1S/C14H20N4O2/c1-11(19)17-5-2-6-18(8-7-17)14(20)13-4-3-12(9-15)10-16-13/h3-4,10H,2,5-9,15H2,1H3. The smallest absolute Gasteiger partial charge is 0.272 e. The lowest BCUT2D eigenvalue weighted by molar-refractivity contribution is -0.128. The molecule has 6 heteroatoms. The predicted octanol–water partition coefficient (Wildman–Crippen LogP) is 0.235. The molecule has 0 unspecified atom stereocenters. The Hall–Kier alpha value is -1.95. The minimum atomic E-state index is -0.0843. The van der Waals surface area contributed by atoms with Crippen LogP contribution in [0, 0.1) is 0 Å². The van der Waals surface area contributed by atoms with Gasteiger partial charge < -0.3 is 15.5 Å². The Morgan fingerprint density at radius 1 is 1.20 bits per heavy atom. The maximum atomic E-state index is 12.4. The van der Waals surface area contributed by atoms with Crippen molar-refractivity contribution in [1.29, 1.82) is 0 Å². The minimum absolute atomic E-state index is 0.0599. The van der Waals surface area contributed by atoms with E-state index in [-0.39, 0.29) is 11.8 Å². The highest BCUT2D eigenvalue weighted by molar-refractivity contribution is 5.92. The molecule has 0 spiro atoms. The van der Waals surface area contributed by atoms with Crippen molar-refractivity contribution in [3.05, 3.63) is 29.6 Å². The van der Waals surface area contributed by atoms with Gasteiger partial charge in [-0.3, -0.25) is 14.6 Å². The van der Waals surface area contributed by atoms with E-state index in [1.165, 1.54) is 0 Å². The van der Waals surface area contributed by atoms with Crippen molar-refractivity contribution < 1.29 is 9.59 Å². The molecule has 0 radical (unpaired) electrons. The van der Waals surface area contributed by atoms with Crippen molar-refractivity contribution in [2.24, 2.45) is 5.73 Å². The average molecular weight is 276 g/mol. The van der Waals surface area contributed by atoms with Crippen molar-refractivity contribution in [3.8, 4) is 0 Å². The second-order valence-electron chi connectivity index (χ2n) is 4.91. The number of rotatable bonds is 2. The van der Waals surface area contributed by atoms with Crippen molar-refractivity contribution in [2.45, 2.75) is 19.9 Å². The fourth-order valence-corrected chi connectivity index (χ4v) is 2.27. The van der Waals surface area contributed by atoms with E-state index in [0.29, 0.717) is 38.4 Å². The molecule has 0 saturated carbocycles. The van der Waals surface area contributed by atoms with Crippen molar-refractivity contribution in [1.82, 2.24) is 14.8 Å². The number of nitrogens with two attached hydrogens (primary N) is 1. The maximum absolute atomic E-state index is 12.4. The first kappa shape index (κ1) is 14.5. The van der Waals surface area contributed by atoms with Crippen LogP contribution in [-0.2, 0) is 11.3 Å². The van der Waals surface area contributed by atoms with E-state index in [1.54, 1.807) is 29.0 Å². The largest absolute Gasteiger partial charge is 0.341 e. The zero-order valence-electron chi connectivity index (χ0n) is 11.7. The van der Waals surface area contributed by atoms with Gasteiger partial charge in [-0.1, -0.05) is 6.07 Å². The minimum Gasteiger partial charge on any atom is -0.341 e. The monoisotopic (exact) mass is 276 g/mol. The number of amides is 2. The zero-order valence-corrected chi connectivity index (χ0v) is 11.7. The predicted molar refractivity (Wildman–Crippen MR) is 74.9 cm³/mol. The molecule has 0 bridgehead atoms. The molecule has 2 N–H and O–H groups in total. The third-order valence-corrected chi connectivity index (χ3v) is 3.51. The molecular weight excluding hydrogens is 256 g/mol. The summed E-state index contributed by atoms with van der Waals surface area (Å²) in [5, 5.41) is 0. The van der Waals surface area contributed by atoms with Crippen LogP contribution >= 0.6 is 0 Å². The summed E-state index contributed by atoms with van der Waals surface area (Å²) >= 11 is 0. The number of hydrogen-bond acceptors (Lipinski definition) is 4. The van der Waals surface area contributed by atoms with Gasteiger partial charge in [0.1, 0.15) is 5.69 Å². The maximum Gasteiger partial charge on any atom is 0.272 e. The summed E-state index contributed by atoms with van der Waals surface area (Å²) in [5.41, 5.74) is 6.84. The molecule has 2 heterocycles. The fraction of sp³-hybridized carbons (Fsp3) is 0.500. The van der Waals surface area contributed by atoms with E-state index in [2.05, 4.69) is 4.98 Å². The molecule has 20 heavy (non-hydrogen) atoms. The molecule has 1 aromatic rings. The third kappa shape index (κ3) is 3.33. The van der Waals surface area contributed by atoms with Crippen molar-refractivity contribution in [2.75, 3.05) is 26.2 Å². The normalized spacial score (nSPS) is 15.9. The van der Waals surface area contributed by atoms with Crippen LogP contribution in [0.5, 0.6) is 0 Å². The van der Waals surface area contributed by atoms with Crippen LogP contribution in [0.1, 0.15) is 29.4 Å². The van der Waals surface area contributed by atoms with Crippen molar-refractivity contribution in [3.63, 3.8) is 0 Å².